The number of hydrogen-bond acceptors (Lipinski definition) is 3. The molecule has 2 aliphatic rings. The summed E-state index contributed by atoms with van der Waals surface area (Å²) in [4.78, 5) is 36.3. The van der Waals surface area contributed by atoms with E-state index in [1.807, 2.05) is 0 Å². The van der Waals surface area contributed by atoms with Gasteiger partial charge >= 0.3 is 5.97 Å². The van der Waals surface area contributed by atoms with E-state index in [0.717, 1.165) is 0 Å². The van der Waals surface area contributed by atoms with E-state index < -0.39 is 5.97 Å². The zero-order valence-corrected chi connectivity index (χ0v) is 10.8. The minimum absolute atomic E-state index is 0.0898. The van der Waals surface area contributed by atoms with Crippen molar-refractivity contribution in [2.24, 2.45) is 17.8 Å². The normalized spacial score (nSPS) is 37.1. The molecule has 0 spiro atoms. The number of likely N-dealkylation sites (tertiary alicyclic amines) is 1. The van der Waals surface area contributed by atoms with Crippen LogP contribution < -0.4 is 0 Å². The highest BCUT2D eigenvalue weighted by molar-refractivity contribution is 6.05. The van der Waals surface area contributed by atoms with Gasteiger partial charge in [0.05, 0.1) is 5.92 Å². The van der Waals surface area contributed by atoms with Crippen molar-refractivity contribution in [2.75, 3.05) is 0 Å². The molecule has 0 bridgehead atoms. The number of aliphatic carboxylic acids is 1. The van der Waals surface area contributed by atoms with Crippen LogP contribution in [0, 0.1) is 17.8 Å². The summed E-state index contributed by atoms with van der Waals surface area (Å²) in [6, 6.07) is -0.0898. The Kier molecular flexibility index (Phi) is 3.41. The molecular weight excluding hydrogens is 234 g/mol. The molecule has 0 aromatic heterocycles. The summed E-state index contributed by atoms with van der Waals surface area (Å²) in [6.07, 6.45) is 2.35. The summed E-state index contributed by atoms with van der Waals surface area (Å²) in [6.45, 7) is 3.57. The lowest BCUT2D eigenvalue weighted by atomic mass is 9.85. The van der Waals surface area contributed by atoms with Crippen LogP contribution in [0.15, 0.2) is 0 Å². The predicted molar refractivity (Wildman–Crippen MR) is 63.6 cm³/mol. The van der Waals surface area contributed by atoms with Crippen molar-refractivity contribution in [1.82, 2.24) is 4.90 Å². The molecule has 1 aliphatic carbocycles. The second-order valence-electron chi connectivity index (χ2n) is 5.47. The number of nitrogens with zero attached hydrogens (tertiary/aromatic N) is 1. The number of hydrogen-bond donors (Lipinski definition) is 1. The Morgan fingerprint density at radius 2 is 1.50 bits per heavy atom. The second-order valence-corrected chi connectivity index (χ2v) is 5.47. The van der Waals surface area contributed by atoms with Gasteiger partial charge in [-0.2, -0.15) is 0 Å². The van der Waals surface area contributed by atoms with Gasteiger partial charge in [0.2, 0.25) is 11.8 Å². The van der Waals surface area contributed by atoms with Gasteiger partial charge in [-0.15, -0.1) is 0 Å². The first-order valence-electron chi connectivity index (χ1n) is 6.53. The van der Waals surface area contributed by atoms with Crippen LogP contribution in [0.25, 0.3) is 0 Å². The van der Waals surface area contributed by atoms with E-state index in [9.17, 15) is 14.4 Å². The minimum atomic E-state index is -0.769. The largest absolute Gasteiger partial charge is 0.481 e. The Morgan fingerprint density at radius 3 is 1.89 bits per heavy atom. The van der Waals surface area contributed by atoms with Crippen LogP contribution in [0.2, 0.25) is 0 Å². The molecule has 0 radical (unpaired) electrons. The first kappa shape index (κ1) is 13.1. The van der Waals surface area contributed by atoms with Crippen molar-refractivity contribution in [3.63, 3.8) is 0 Å². The van der Waals surface area contributed by atoms with E-state index in [1.54, 1.807) is 13.8 Å². The van der Waals surface area contributed by atoms with Crippen molar-refractivity contribution in [2.45, 2.75) is 45.6 Å². The quantitative estimate of drug-likeness (QED) is 0.752. The van der Waals surface area contributed by atoms with Gasteiger partial charge < -0.3 is 5.11 Å². The van der Waals surface area contributed by atoms with E-state index in [0.29, 0.717) is 25.7 Å². The number of amides is 2. The maximum Gasteiger partial charge on any atom is 0.306 e. The molecule has 5 nitrogen and oxygen atoms in total. The van der Waals surface area contributed by atoms with Crippen LogP contribution in [0.5, 0.6) is 0 Å². The average molecular weight is 253 g/mol. The molecule has 2 unspecified atom stereocenters. The highest BCUT2D eigenvalue weighted by atomic mass is 16.4. The molecule has 1 heterocycles. The number of carbonyl (C=O) groups is 3. The summed E-state index contributed by atoms with van der Waals surface area (Å²) in [7, 11) is 0. The third kappa shape index (κ3) is 2.02. The first-order chi connectivity index (χ1) is 8.43. The molecule has 0 aromatic rings. The lowest BCUT2D eigenvalue weighted by molar-refractivity contribution is -0.145. The number of carboxylic acids is 1. The minimum Gasteiger partial charge on any atom is -0.481 e. The molecule has 2 amide bonds. The van der Waals surface area contributed by atoms with Crippen molar-refractivity contribution >= 4 is 17.8 Å². The fraction of sp³-hybridized carbons (Fsp3) is 0.769. The van der Waals surface area contributed by atoms with E-state index in [1.165, 1.54) is 4.90 Å². The molecular formula is C13H19NO4. The van der Waals surface area contributed by atoms with Gasteiger partial charge in [-0.3, -0.25) is 19.3 Å². The number of carboxylic acid groups (broad SMARTS) is 1. The first-order valence-corrected chi connectivity index (χ1v) is 6.53. The predicted octanol–water partition coefficient (Wildman–Crippen LogP) is 1.27. The van der Waals surface area contributed by atoms with Crippen LogP contribution in [0.4, 0.5) is 0 Å². The Hall–Kier alpha value is -1.39. The fourth-order valence-corrected chi connectivity index (χ4v) is 2.92. The Morgan fingerprint density at radius 1 is 1.06 bits per heavy atom. The smallest absolute Gasteiger partial charge is 0.306 e. The molecule has 1 N–H and O–H groups in total. The van der Waals surface area contributed by atoms with E-state index in [2.05, 4.69) is 0 Å². The summed E-state index contributed by atoms with van der Waals surface area (Å²) >= 11 is 0. The van der Waals surface area contributed by atoms with Gasteiger partial charge in [-0.1, -0.05) is 13.8 Å². The van der Waals surface area contributed by atoms with Crippen LogP contribution in [0.3, 0.4) is 0 Å². The SMILES string of the molecule is CC1C(=O)N(C2CCC(C(=O)O)CC2)C(=O)C1C. The second kappa shape index (κ2) is 4.71. The fourth-order valence-electron chi connectivity index (χ4n) is 2.92. The maximum atomic E-state index is 12.0. The molecule has 2 fully saturated rings. The van der Waals surface area contributed by atoms with Gasteiger partial charge in [0.15, 0.2) is 0 Å². The van der Waals surface area contributed by atoms with Gasteiger partial charge in [-0.25, -0.2) is 0 Å². The zero-order valence-electron chi connectivity index (χ0n) is 10.8. The summed E-state index contributed by atoms with van der Waals surface area (Å²) in [5, 5.41) is 8.93. The van der Waals surface area contributed by atoms with Crippen LogP contribution >= 0.6 is 0 Å². The van der Waals surface area contributed by atoms with Crippen LogP contribution in [0.1, 0.15) is 39.5 Å². The van der Waals surface area contributed by atoms with Crippen molar-refractivity contribution < 1.29 is 19.5 Å². The highest BCUT2D eigenvalue weighted by Gasteiger charge is 2.46. The topological polar surface area (TPSA) is 74.7 Å². The van der Waals surface area contributed by atoms with Gasteiger partial charge in [0.1, 0.15) is 0 Å². The van der Waals surface area contributed by atoms with Crippen LogP contribution in [-0.2, 0) is 14.4 Å². The third-order valence-corrected chi connectivity index (χ3v) is 4.42. The van der Waals surface area contributed by atoms with Crippen molar-refractivity contribution in [3.8, 4) is 0 Å². The Labute approximate surface area is 106 Å². The number of imide groups is 1. The highest BCUT2D eigenvalue weighted by Crippen LogP contribution is 2.34. The van der Waals surface area contributed by atoms with Crippen molar-refractivity contribution in [1.29, 1.82) is 0 Å². The monoisotopic (exact) mass is 253 g/mol. The zero-order chi connectivity index (χ0) is 13.4. The Balaban J connectivity index is 2.04. The third-order valence-electron chi connectivity index (χ3n) is 4.42. The molecule has 100 valence electrons. The summed E-state index contributed by atoms with van der Waals surface area (Å²) < 4.78 is 0. The van der Waals surface area contributed by atoms with E-state index in [-0.39, 0.29) is 35.6 Å². The molecule has 1 saturated heterocycles. The lowest BCUT2D eigenvalue weighted by Crippen LogP contribution is -2.43. The number of rotatable bonds is 2. The number of carbonyl (C=O) groups excluding carboxylic acids is 2. The van der Waals surface area contributed by atoms with Gasteiger partial charge in [-0.05, 0) is 25.7 Å². The molecule has 0 aromatic carbocycles. The lowest BCUT2D eigenvalue weighted by Gasteiger charge is -2.32. The van der Waals surface area contributed by atoms with Crippen molar-refractivity contribution in [3.05, 3.63) is 0 Å². The molecule has 1 saturated carbocycles. The van der Waals surface area contributed by atoms with E-state index in [4.69, 9.17) is 5.11 Å². The van der Waals surface area contributed by atoms with Gasteiger partial charge in [0, 0.05) is 17.9 Å². The van der Waals surface area contributed by atoms with E-state index >= 15 is 0 Å². The molecule has 1 aliphatic heterocycles. The standard InChI is InChI=1S/C13H19NO4/c1-7-8(2)12(16)14(11(7)15)10-5-3-9(4-6-10)13(17)18/h7-10H,3-6H2,1-2H3,(H,17,18). The molecule has 2 rings (SSSR count). The molecule has 18 heavy (non-hydrogen) atoms. The molecule has 2 atom stereocenters. The summed E-state index contributed by atoms with van der Waals surface area (Å²) in [5.74, 6) is -1.75. The average Bonchev–Trinajstić information content (AvgIpc) is 2.54. The summed E-state index contributed by atoms with van der Waals surface area (Å²) in [5.41, 5.74) is 0. The Bertz CT molecular complexity index is 364. The van der Waals surface area contributed by atoms with Crippen LogP contribution in [-0.4, -0.2) is 33.8 Å². The maximum absolute atomic E-state index is 12.0. The van der Waals surface area contributed by atoms with Gasteiger partial charge in [0.25, 0.3) is 0 Å². The molecule has 5 heteroatoms.